The van der Waals surface area contributed by atoms with Crippen LogP contribution in [0.2, 0.25) is 0 Å². The molecule has 2 fully saturated rings. The van der Waals surface area contributed by atoms with E-state index in [-0.39, 0.29) is 18.6 Å². The van der Waals surface area contributed by atoms with Gasteiger partial charge in [-0.1, -0.05) is 84.4 Å². The zero-order valence-corrected chi connectivity index (χ0v) is 19.0. The normalized spacial score (nSPS) is 18.5. The van der Waals surface area contributed by atoms with Crippen molar-refractivity contribution in [1.29, 1.82) is 0 Å². The van der Waals surface area contributed by atoms with E-state index in [0.717, 1.165) is 11.1 Å². The van der Waals surface area contributed by atoms with Crippen molar-refractivity contribution in [2.75, 3.05) is 6.79 Å². The van der Waals surface area contributed by atoms with Crippen molar-refractivity contribution < 1.29 is 19.1 Å². The second-order valence-electron chi connectivity index (χ2n) is 6.19. The summed E-state index contributed by atoms with van der Waals surface area (Å²) in [6.07, 6.45) is 3.46. The summed E-state index contributed by atoms with van der Waals surface area (Å²) in [6, 6.07) is 14.6. The van der Waals surface area contributed by atoms with Crippen molar-refractivity contribution in [2.24, 2.45) is 0 Å². The van der Waals surface area contributed by atoms with Gasteiger partial charge in [0.25, 0.3) is 11.8 Å². The van der Waals surface area contributed by atoms with Gasteiger partial charge in [0, 0.05) is 11.1 Å². The van der Waals surface area contributed by atoms with Crippen LogP contribution in [-0.2, 0) is 9.59 Å². The topological polar surface area (TPSA) is 76.7 Å². The van der Waals surface area contributed by atoms with Gasteiger partial charge in [0.15, 0.2) is 0 Å². The van der Waals surface area contributed by atoms with E-state index in [0.29, 0.717) is 30.0 Å². The van der Waals surface area contributed by atoms with E-state index in [1.807, 2.05) is 36.4 Å². The van der Waals surface area contributed by atoms with Crippen molar-refractivity contribution in [1.82, 2.24) is 10.6 Å². The van der Waals surface area contributed by atoms with E-state index in [1.165, 1.54) is 23.5 Å². The van der Waals surface area contributed by atoms with Crippen LogP contribution in [0.3, 0.4) is 0 Å². The third-order valence-electron chi connectivity index (χ3n) is 4.12. The van der Waals surface area contributed by atoms with E-state index < -0.39 is 0 Å². The summed E-state index contributed by atoms with van der Waals surface area (Å²) in [5, 5.41) is 5.18. The number of rotatable bonds is 6. The minimum atomic E-state index is -0.226. The molecule has 0 saturated carbocycles. The summed E-state index contributed by atoms with van der Waals surface area (Å²) in [6.45, 7) is -0.0596. The highest BCUT2D eigenvalue weighted by Gasteiger charge is 2.23. The highest BCUT2D eigenvalue weighted by molar-refractivity contribution is 8.27. The van der Waals surface area contributed by atoms with Crippen LogP contribution in [-0.4, -0.2) is 27.2 Å². The number of nitrogens with one attached hydrogen (secondary N) is 2. The first-order valence-electron chi connectivity index (χ1n) is 8.93. The average Bonchev–Trinajstić information content (AvgIpc) is 3.23. The first-order chi connectivity index (χ1) is 15.0. The van der Waals surface area contributed by atoms with E-state index in [2.05, 4.69) is 10.6 Å². The number of thiocarbonyl (C=S) groups is 2. The van der Waals surface area contributed by atoms with Crippen molar-refractivity contribution >= 4 is 80.6 Å². The number of amides is 2. The molecule has 2 amide bonds. The molecule has 0 aliphatic carbocycles. The molecule has 2 aromatic rings. The molecule has 156 valence electrons. The van der Waals surface area contributed by atoms with Crippen molar-refractivity contribution in [2.45, 2.75) is 0 Å². The third kappa shape index (κ3) is 5.34. The largest absolute Gasteiger partial charge is 0.457 e. The Kier molecular flexibility index (Phi) is 6.71. The predicted octanol–water partition coefficient (Wildman–Crippen LogP) is 4.08. The first-order valence-corrected chi connectivity index (χ1v) is 11.4. The maximum Gasteiger partial charge on any atom is 0.263 e. The Hall–Kier alpha value is -2.66. The maximum absolute atomic E-state index is 11.9. The number of benzene rings is 2. The maximum atomic E-state index is 11.9. The molecule has 0 bridgehead atoms. The number of hydrogen-bond acceptors (Lipinski definition) is 8. The van der Waals surface area contributed by atoms with Gasteiger partial charge in [0.2, 0.25) is 6.79 Å². The lowest BCUT2D eigenvalue weighted by molar-refractivity contribution is -0.116. The zero-order chi connectivity index (χ0) is 21.8. The number of ether oxygens (including phenoxy) is 2. The highest BCUT2D eigenvalue weighted by Crippen LogP contribution is 2.31. The summed E-state index contributed by atoms with van der Waals surface area (Å²) in [4.78, 5) is 24.9. The fraction of sp³-hybridized carbons (Fsp3) is 0.0476. The van der Waals surface area contributed by atoms with E-state index >= 15 is 0 Å². The quantitative estimate of drug-likeness (QED) is 0.359. The van der Waals surface area contributed by atoms with Gasteiger partial charge in [-0.05, 0) is 24.3 Å². The number of carbonyl (C=O) groups is 2. The van der Waals surface area contributed by atoms with Crippen LogP contribution in [0.4, 0.5) is 0 Å². The minimum absolute atomic E-state index is 0.0596. The molecule has 31 heavy (non-hydrogen) atoms. The average molecular weight is 487 g/mol. The molecular weight excluding hydrogens is 473 g/mol. The predicted molar refractivity (Wildman–Crippen MR) is 132 cm³/mol. The molecule has 0 aromatic heterocycles. The Bertz CT molecular complexity index is 1070. The summed E-state index contributed by atoms with van der Waals surface area (Å²) in [5.41, 5.74) is 1.47. The number of carbonyl (C=O) groups excluding carboxylic acids is 2. The smallest absolute Gasteiger partial charge is 0.263 e. The summed E-state index contributed by atoms with van der Waals surface area (Å²) >= 11 is 12.5. The lowest BCUT2D eigenvalue weighted by Crippen LogP contribution is -2.17. The molecule has 2 aliphatic heterocycles. The molecule has 10 heteroatoms. The van der Waals surface area contributed by atoms with Gasteiger partial charge in [-0.25, -0.2) is 0 Å². The Balaban J connectivity index is 1.47. The summed E-state index contributed by atoms with van der Waals surface area (Å²) < 4.78 is 12.5. The Labute approximate surface area is 197 Å². The second kappa shape index (κ2) is 9.65. The molecule has 2 aromatic carbocycles. The molecule has 0 radical (unpaired) electrons. The zero-order valence-electron chi connectivity index (χ0n) is 15.7. The molecule has 6 nitrogen and oxygen atoms in total. The van der Waals surface area contributed by atoms with Crippen LogP contribution >= 0.6 is 48.0 Å². The lowest BCUT2D eigenvalue weighted by Gasteiger charge is -2.12. The van der Waals surface area contributed by atoms with Crippen LogP contribution in [0, 0.1) is 0 Å². The van der Waals surface area contributed by atoms with E-state index in [4.69, 9.17) is 33.9 Å². The molecular formula is C21H14N2O4S4. The Morgan fingerprint density at radius 1 is 0.742 bits per heavy atom. The Morgan fingerprint density at radius 2 is 1.16 bits per heavy atom. The second-order valence-corrected chi connectivity index (χ2v) is 9.62. The van der Waals surface area contributed by atoms with Gasteiger partial charge in [-0.15, -0.1) is 0 Å². The molecule has 0 atom stereocenters. The van der Waals surface area contributed by atoms with Crippen molar-refractivity contribution in [3.05, 3.63) is 69.5 Å². The fourth-order valence-electron chi connectivity index (χ4n) is 2.74. The van der Waals surface area contributed by atoms with Crippen molar-refractivity contribution in [3.8, 4) is 11.5 Å². The van der Waals surface area contributed by atoms with Gasteiger partial charge in [0.05, 0.1) is 9.81 Å². The van der Waals surface area contributed by atoms with Crippen LogP contribution in [0.25, 0.3) is 12.2 Å². The molecule has 2 aliphatic rings. The van der Waals surface area contributed by atoms with E-state index in [1.54, 1.807) is 24.3 Å². The number of hydrogen-bond donors (Lipinski definition) is 2. The van der Waals surface area contributed by atoms with Gasteiger partial charge in [-0.2, -0.15) is 0 Å². The van der Waals surface area contributed by atoms with Gasteiger partial charge >= 0.3 is 0 Å². The molecule has 4 rings (SSSR count). The highest BCUT2D eigenvalue weighted by atomic mass is 32.2. The van der Waals surface area contributed by atoms with Gasteiger partial charge in [0.1, 0.15) is 20.1 Å². The van der Waals surface area contributed by atoms with Gasteiger partial charge in [-0.3, -0.25) is 9.59 Å². The number of thioether (sulfide) groups is 2. The first kappa shape index (κ1) is 21.6. The molecule has 0 unspecified atom stereocenters. The molecule has 2 heterocycles. The molecule has 2 N–H and O–H groups in total. The van der Waals surface area contributed by atoms with E-state index in [9.17, 15) is 9.59 Å². The SMILES string of the molecule is O=C1NC(=S)S/C1=C\c1ccccc1OCOc1ccccc1/C=C1\SC(=S)NC1=O. The summed E-state index contributed by atoms with van der Waals surface area (Å²) in [7, 11) is 0. The third-order valence-corrected chi connectivity index (χ3v) is 6.45. The Morgan fingerprint density at radius 3 is 1.55 bits per heavy atom. The molecule has 0 spiro atoms. The van der Waals surface area contributed by atoms with Crippen molar-refractivity contribution in [3.63, 3.8) is 0 Å². The lowest BCUT2D eigenvalue weighted by atomic mass is 10.2. The van der Waals surface area contributed by atoms with Crippen LogP contribution in [0.1, 0.15) is 11.1 Å². The van der Waals surface area contributed by atoms with Crippen LogP contribution in [0.5, 0.6) is 11.5 Å². The van der Waals surface area contributed by atoms with Crippen LogP contribution in [0.15, 0.2) is 58.3 Å². The minimum Gasteiger partial charge on any atom is -0.457 e. The van der Waals surface area contributed by atoms with Crippen LogP contribution < -0.4 is 20.1 Å². The standard InChI is InChI=1S/C21H14N2O4S4/c24-18-16(30-20(28)22-18)9-12-5-1-3-7-14(12)26-11-27-15-8-4-2-6-13(15)10-17-19(25)23-21(29)31-17/h1-10H,11H2,(H,22,24,28)(H,23,25,29)/b16-9-,17-10-. The summed E-state index contributed by atoms with van der Waals surface area (Å²) in [5.74, 6) is 0.675. The van der Waals surface area contributed by atoms with Gasteiger partial charge < -0.3 is 20.1 Å². The molecule has 2 saturated heterocycles. The monoisotopic (exact) mass is 486 g/mol. The fourth-order valence-corrected chi connectivity index (χ4v) is 4.81. The number of para-hydroxylation sites is 2.